The molecule has 3 N–H and O–H groups in total. The van der Waals surface area contributed by atoms with E-state index >= 15 is 0 Å². The third-order valence-electron chi connectivity index (χ3n) is 2.94. The quantitative estimate of drug-likeness (QED) is 0.384. The molecule has 1 rings (SSSR count). The van der Waals surface area contributed by atoms with E-state index in [4.69, 9.17) is 22.5 Å². The second kappa shape index (κ2) is 6.43. The maximum atomic E-state index is 12.3. The zero-order valence-corrected chi connectivity index (χ0v) is 12.0. The van der Waals surface area contributed by atoms with Crippen molar-refractivity contribution in [2.24, 2.45) is 16.8 Å². The molecule has 1 aromatic carbocycles. The molecule has 5 nitrogen and oxygen atoms in total. The Hall–Kier alpha value is -1.75. The molecule has 0 heterocycles. The molecule has 0 bridgehead atoms. The van der Waals surface area contributed by atoms with Gasteiger partial charge in [0.05, 0.1) is 0 Å². The topological polar surface area (TPSA) is 78.9 Å². The van der Waals surface area contributed by atoms with Crippen LogP contribution in [0.15, 0.2) is 23.4 Å². The number of halogens is 1. The summed E-state index contributed by atoms with van der Waals surface area (Å²) in [6.45, 7) is 3.99. The first-order valence-electron chi connectivity index (χ1n) is 5.85. The number of hydrogen-bond acceptors (Lipinski definition) is 3. The van der Waals surface area contributed by atoms with E-state index in [9.17, 15) is 4.79 Å². The Bertz CT molecular complexity index is 503. The predicted molar refractivity (Wildman–Crippen MR) is 75.7 cm³/mol. The molecule has 104 valence electrons. The van der Waals surface area contributed by atoms with Crippen molar-refractivity contribution in [1.29, 1.82) is 0 Å². The number of nitrogens with two attached hydrogens (primary N) is 1. The maximum absolute atomic E-state index is 12.3. The fourth-order valence-electron chi connectivity index (χ4n) is 1.72. The summed E-state index contributed by atoms with van der Waals surface area (Å²) in [5.41, 5.74) is 6.91. The normalized spacial score (nSPS) is 13.2. The molecule has 1 amide bonds. The number of aryl methyl sites for hydroxylation is 1. The van der Waals surface area contributed by atoms with Crippen LogP contribution in [-0.4, -0.2) is 35.4 Å². The van der Waals surface area contributed by atoms with E-state index in [1.165, 1.54) is 4.90 Å². The van der Waals surface area contributed by atoms with Crippen molar-refractivity contribution in [1.82, 2.24) is 4.90 Å². The van der Waals surface area contributed by atoms with Crippen LogP contribution >= 0.6 is 11.6 Å². The smallest absolute Gasteiger partial charge is 0.253 e. The lowest BCUT2D eigenvalue weighted by Crippen LogP contribution is -2.36. The Kier molecular flexibility index (Phi) is 5.18. The van der Waals surface area contributed by atoms with Gasteiger partial charge in [0.25, 0.3) is 5.91 Å². The molecular weight excluding hydrogens is 266 g/mol. The third kappa shape index (κ3) is 3.86. The Morgan fingerprint density at radius 2 is 2.21 bits per heavy atom. The van der Waals surface area contributed by atoms with Gasteiger partial charge in [0.1, 0.15) is 5.84 Å². The van der Waals surface area contributed by atoms with E-state index in [1.807, 2.05) is 6.92 Å². The lowest BCUT2D eigenvalue weighted by atomic mass is 10.1. The number of carbonyl (C=O) groups excluding carboxylic acids is 1. The van der Waals surface area contributed by atoms with Crippen molar-refractivity contribution in [3.8, 4) is 0 Å². The summed E-state index contributed by atoms with van der Waals surface area (Å²) < 4.78 is 0. The number of benzene rings is 1. The highest BCUT2D eigenvalue weighted by Crippen LogP contribution is 2.17. The molecule has 1 atom stereocenters. The molecule has 0 spiro atoms. The van der Waals surface area contributed by atoms with Gasteiger partial charge in [-0.05, 0) is 24.6 Å². The van der Waals surface area contributed by atoms with Crippen LogP contribution in [0.3, 0.4) is 0 Å². The van der Waals surface area contributed by atoms with Gasteiger partial charge in [0.2, 0.25) is 0 Å². The third-order valence-corrected chi connectivity index (χ3v) is 3.18. The number of amides is 1. The predicted octanol–water partition coefficient (Wildman–Crippen LogP) is 2.10. The van der Waals surface area contributed by atoms with Gasteiger partial charge in [-0.15, -0.1) is 0 Å². The lowest BCUT2D eigenvalue weighted by molar-refractivity contribution is 0.0785. The van der Waals surface area contributed by atoms with Crippen molar-refractivity contribution < 1.29 is 10.0 Å². The van der Waals surface area contributed by atoms with E-state index in [0.29, 0.717) is 17.1 Å². The van der Waals surface area contributed by atoms with Crippen LogP contribution < -0.4 is 5.73 Å². The molecule has 1 aromatic rings. The summed E-state index contributed by atoms with van der Waals surface area (Å²) in [7, 11) is 1.67. The standard InChI is InChI=1S/C13H18ClN3O2/c1-8-4-5-10(14)6-11(8)13(18)17(3)7-9(2)12(15)16-19/h4-6,9,19H,7H2,1-3H3,(H2,15,16). The van der Waals surface area contributed by atoms with Gasteiger partial charge in [0, 0.05) is 30.1 Å². The first-order valence-corrected chi connectivity index (χ1v) is 6.23. The van der Waals surface area contributed by atoms with Gasteiger partial charge >= 0.3 is 0 Å². The first-order chi connectivity index (χ1) is 8.86. The molecule has 1 unspecified atom stereocenters. The number of hydrogen-bond donors (Lipinski definition) is 2. The average molecular weight is 284 g/mol. The van der Waals surface area contributed by atoms with E-state index in [-0.39, 0.29) is 17.7 Å². The van der Waals surface area contributed by atoms with Gasteiger partial charge < -0.3 is 15.8 Å². The van der Waals surface area contributed by atoms with Crippen molar-refractivity contribution >= 4 is 23.3 Å². The van der Waals surface area contributed by atoms with E-state index in [0.717, 1.165) is 5.56 Å². The van der Waals surface area contributed by atoms with Crippen LogP contribution in [0.25, 0.3) is 0 Å². The van der Waals surface area contributed by atoms with Crippen LogP contribution in [-0.2, 0) is 0 Å². The minimum Gasteiger partial charge on any atom is -0.409 e. The maximum Gasteiger partial charge on any atom is 0.253 e. The monoisotopic (exact) mass is 283 g/mol. The lowest BCUT2D eigenvalue weighted by Gasteiger charge is -2.21. The summed E-state index contributed by atoms with van der Waals surface area (Å²) in [5, 5.41) is 12.1. The second-order valence-electron chi connectivity index (χ2n) is 4.57. The largest absolute Gasteiger partial charge is 0.409 e. The second-order valence-corrected chi connectivity index (χ2v) is 5.01. The molecular formula is C13H18ClN3O2. The Balaban J connectivity index is 2.85. The van der Waals surface area contributed by atoms with Crippen LogP contribution in [0.1, 0.15) is 22.8 Å². The van der Waals surface area contributed by atoms with Gasteiger partial charge in [-0.25, -0.2) is 0 Å². The number of amidine groups is 1. The molecule has 0 aliphatic carbocycles. The zero-order valence-electron chi connectivity index (χ0n) is 11.2. The van der Waals surface area contributed by atoms with Crippen molar-refractivity contribution in [3.63, 3.8) is 0 Å². The van der Waals surface area contributed by atoms with E-state index in [2.05, 4.69) is 5.16 Å². The summed E-state index contributed by atoms with van der Waals surface area (Å²) in [6.07, 6.45) is 0. The fourth-order valence-corrected chi connectivity index (χ4v) is 1.89. The molecule has 0 fully saturated rings. The van der Waals surface area contributed by atoms with E-state index < -0.39 is 0 Å². The number of nitrogens with zero attached hydrogens (tertiary/aromatic N) is 2. The molecule has 0 aromatic heterocycles. The molecule has 19 heavy (non-hydrogen) atoms. The SMILES string of the molecule is Cc1ccc(Cl)cc1C(=O)N(C)CC(C)/C(N)=N/O. The highest BCUT2D eigenvalue weighted by Gasteiger charge is 2.18. The number of oxime groups is 1. The zero-order chi connectivity index (χ0) is 14.6. The van der Waals surface area contributed by atoms with Crippen LogP contribution in [0.4, 0.5) is 0 Å². The highest BCUT2D eigenvalue weighted by molar-refractivity contribution is 6.31. The highest BCUT2D eigenvalue weighted by atomic mass is 35.5. The van der Waals surface area contributed by atoms with Crippen molar-refractivity contribution in [2.45, 2.75) is 13.8 Å². The Morgan fingerprint density at radius 3 is 2.79 bits per heavy atom. The summed E-state index contributed by atoms with van der Waals surface area (Å²) in [5.74, 6) is -0.265. The summed E-state index contributed by atoms with van der Waals surface area (Å²) in [4.78, 5) is 13.8. The van der Waals surface area contributed by atoms with Gasteiger partial charge in [-0.2, -0.15) is 0 Å². The molecule has 6 heteroatoms. The number of rotatable bonds is 4. The summed E-state index contributed by atoms with van der Waals surface area (Å²) >= 11 is 5.90. The van der Waals surface area contributed by atoms with Crippen LogP contribution in [0, 0.1) is 12.8 Å². The van der Waals surface area contributed by atoms with Crippen LogP contribution in [0.5, 0.6) is 0 Å². The molecule has 0 radical (unpaired) electrons. The summed E-state index contributed by atoms with van der Waals surface area (Å²) in [6, 6.07) is 5.19. The number of carbonyl (C=O) groups is 1. The van der Waals surface area contributed by atoms with Gasteiger partial charge in [0.15, 0.2) is 0 Å². The minimum absolute atomic E-state index is 0.0995. The molecule has 0 aliphatic rings. The van der Waals surface area contributed by atoms with Crippen LogP contribution in [0.2, 0.25) is 5.02 Å². The van der Waals surface area contributed by atoms with Gasteiger partial charge in [-0.1, -0.05) is 29.7 Å². The molecule has 0 saturated carbocycles. The van der Waals surface area contributed by atoms with E-state index in [1.54, 1.807) is 32.2 Å². The Labute approximate surface area is 117 Å². The average Bonchev–Trinajstić information content (AvgIpc) is 2.39. The molecule has 0 aliphatic heterocycles. The fraction of sp³-hybridized carbons (Fsp3) is 0.385. The minimum atomic E-state index is -0.224. The van der Waals surface area contributed by atoms with Gasteiger partial charge in [-0.3, -0.25) is 4.79 Å². The first kappa shape index (κ1) is 15.3. The van der Waals surface area contributed by atoms with Crippen molar-refractivity contribution in [3.05, 3.63) is 34.3 Å². The van der Waals surface area contributed by atoms with Crippen molar-refractivity contribution in [2.75, 3.05) is 13.6 Å². The molecule has 0 saturated heterocycles. The Morgan fingerprint density at radius 1 is 1.58 bits per heavy atom.